The van der Waals surface area contributed by atoms with E-state index in [9.17, 15) is 9.90 Å². The number of rotatable bonds is 4. The Labute approximate surface area is 126 Å². The maximum atomic E-state index is 11.9. The monoisotopic (exact) mass is 301 g/mol. The van der Waals surface area contributed by atoms with Gasteiger partial charge in [-0.05, 0) is 30.5 Å². The van der Waals surface area contributed by atoms with E-state index < -0.39 is 6.10 Å². The molecule has 2 aromatic heterocycles. The van der Waals surface area contributed by atoms with Gasteiger partial charge in [-0.25, -0.2) is 0 Å². The summed E-state index contributed by atoms with van der Waals surface area (Å²) in [6.07, 6.45) is 0.758. The van der Waals surface area contributed by atoms with Crippen molar-refractivity contribution in [3.63, 3.8) is 0 Å². The second-order valence-electron chi connectivity index (χ2n) is 4.85. The number of hydrogen-bond acceptors (Lipinski definition) is 4. The van der Waals surface area contributed by atoms with Crippen molar-refractivity contribution in [1.82, 2.24) is 5.32 Å². The van der Waals surface area contributed by atoms with E-state index in [1.54, 1.807) is 13.0 Å². The van der Waals surface area contributed by atoms with E-state index in [1.165, 1.54) is 17.6 Å². The number of hydrogen-bond donors (Lipinski definition) is 2. The van der Waals surface area contributed by atoms with Crippen LogP contribution in [0.15, 0.2) is 47.1 Å². The highest BCUT2D eigenvalue weighted by molar-refractivity contribution is 7.19. The quantitative estimate of drug-likeness (QED) is 0.777. The maximum absolute atomic E-state index is 11.9. The molecule has 4 nitrogen and oxygen atoms in total. The molecule has 0 radical (unpaired) electrons. The van der Waals surface area contributed by atoms with Crippen molar-refractivity contribution < 1.29 is 14.3 Å². The van der Waals surface area contributed by atoms with Crippen LogP contribution in [0.25, 0.3) is 10.1 Å². The number of nitrogens with one attached hydrogen (secondary N) is 1. The fourth-order valence-corrected chi connectivity index (χ4v) is 3.19. The summed E-state index contributed by atoms with van der Waals surface area (Å²) in [6, 6.07) is 11.6. The minimum Gasteiger partial charge on any atom is -0.459 e. The maximum Gasteiger partial charge on any atom is 0.287 e. The smallest absolute Gasteiger partial charge is 0.287 e. The Balaban J connectivity index is 1.67. The van der Waals surface area contributed by atoms with Crippen LogP contribution in [-0.4, -0.2) is 17.6 Å². The number of aliphatic hydroxyl groups is 1. The molecule has 1 aromatic carbocycles. The van der Waals surface area contributed by atoms with Crippen LogP contribution in [0.4, 0.5) is 0 Å². The first kappa shape index (κ1) is 13.9. The first-order valence-corrected chi connectivity index (χ1v) is 7.45. The van der Waals surface area contributed by atoms with Gasteiger partial charge in [0.2, 0.25) is 0 Å². The summed E-state index contributed by atoms with van der Waals surface area (Å²) in [6.45, 7) is 1.96. The zero-order chi connectivity index (χ0) is 14.8. The van der Waals surface area contributed by atoms with E-state index in [0.717, 1.165) is 20.5 Å². The molecule has 1 atom stereocenters. The molecular weight excluding hydrogens is 286 g/mol. The molecule has 0 aliphatic carbocycles. The van der Waals surface area contributed by atoms with Gasteiger partial charge in [0.15, 0.2) is 5.76 Å². The molecule has 0 fully saturated rings. The highest BCUT2D eigenvalue weighted by Gasteiger charge is 2.16. The minimum absolute atomic E-state index is 0.159. The summed E-state index contributed by atoms with van der Waals surface area (Å²) >= 11 is 1.53. The standard InChI is InChI=1S/C16H15NO3S/c1-10-6-7-20-15(10)16(19)17-9-12(18)14-8-11-4-2-3-5-13(11)21-14/h2-8,12,18H,9H2,1H3,(H,17,19). The van der Waals surface area contributed by atoms with E-state index in [4.69, 9.17) is 4.42 Å². The van der Waals surface area contributed by atoms with Crippen molar-refractivity contribution in [3.8, 4) is 0 Å². The second-order valence-corrected chi connectivity index (χ2v) is 5.96. The molecule has 108 valence electrons. The van der Waals surface area contributed by atoms with Crippen LogP contribution in [0.5, 0.6) is 0 Å². The molecule has 1 unspecified atom stereocenters. The summed E-state index contributed by atoms with van der Waals surface area (Å²) < 4.78 is 6.25. The number of amides is 1. The fraction of sp³-hybridized carbons (Fsp3) is 0.188. The molecule has 2 N–H and O–H groups in total. The number of aryl methyl sites for hydroxylation is 1. The predicted molar refractivity (Wildman–Crippen MR) is 82.6 cm³/mol. The molecule has 5 heteroatoms. The number of carbonyl (C=O) groups is 1. The van der Waals surface area contributed by atoms with Crippen LogP contribution >= 0.6 is 11.3 Å². The van der Waals surface area contributed by atoms with E-state index in [1.807, 2.05) is 30.3 Å². The molecule has 0 bridgehead atoms. The Kier molecular flexibility index (Phi) is 3.77. The van der Waals surface area contributed by atoms with Crippen LogP contribution in [0, 0.1) is 6.92 Å². The summed E-state index contributed by atoms with van der Waals surface area (Å²) in [4.78, 5) is 12.8. The summed E-state index contributed by atoms with van der Waals surface area (Å²) in [5.41, 5.74) is 0.781. The third-order valence-corrected chi connectivity index (χ3v) is 4.51. The van der Waals surface area contributed by atoms with E-state index in [2.05, 4.69) is 5.32 Å². The molecular formula is C16H15NO3S. The van der Waals surface area contributed by atoms with Gasteiger partial charge in [-0.1, -0.05) is 18.2 Å². The molecule has 0 spiro atoms. The van der Waals surface area contributed by atoms with Crippen LogP contribution in [-0.2, 0) is 0 Å². The number of fused-ring (bicyclic) bond motifs is 1. The van der Waals surface area contributed by atoms with Crippen LogP contribution in [0.3, 0.4) is 0 Å². The van der Waals surface area contributed by atoms with Gasteiger partial charge in [0.05, 0.1) is 6.26 Å². The van der Waals surface area contributed by atoms with Gasteiger partial charge < -0.3 is 14.8 Å². The predicted octanol–water partition coefficient (Wildman–Crippen LogP) is 3.27. The third kappa shape index (κ3) is 2.84. The second kappa shape index (κ2) is 5.71. The first-order valence-electron chi connectivity index (χ1n) is 6.64. The summed E-state index contributed by atoms with van der Waals surface area (Å²) in [5.74, 6) is -0.0174. The number of aliphatic hydroxyl groups excluding tert-OH is 1. The van der Waals surface area contributed by atoms with Crippen LogP contribution < -0.4 is 5.32 Å². The average molecular weight is 301 g/mol. The van der Waals surface area contributed by atoms with Crippen LogP contribution in [0.1, 0.15) is 27.1 Å². The highest BCUT2D eigenvalue weighted by Crippen LogP contribution is 2.29. The molecule has 0 saturated heterocycles. The molecule has 0 aliphatic rings. The highest BCUT2D eigenvalue weighted by atomic mass is 32.1. The van der Waals surface area contributed by atoms with E-state index in [-0.39, 0.29) is 12.5 Å². The van der Waals surface area contributed by atoms with Gasteiger partial charge in [-0.15, -0.1) is 11.3 Å². The molecule has 0 saturated carbocycles. The normalized spacial score (nSPS) is 12.5. The third-order valence-electron chi connectivity index (χ3n) is 3.30. The van der Waals surface area contributed by atoms with Gasteiger partial charge in [0.1, 0.15) is 6.10 Å². The topological polar surface area (TPSA) is 62.5 Å². The lowest BCUT2D eigenvalue weighted by atomic mass is 10.2. The van der Waals surface area contributed by atoms with Crippen molar-refractivity contribution in [2.75, 3.05) is 6.54 Å². The molecule has 21 heavy (non-hydrogen) atoms. The van der Waals surface area contributed by atoms with Crippen molar-refractivity contribution in [2.45, 2.75) is 13.0 Å². The molecule has 3 rings (SSSR count). The first-order chi connectivity index (χ1) is 10.1. The number of carbonyl (C=O) groups excluding carboxylic acids is 1. The summed E-state index contributed by atoms with van der Waals surface area (Å²) in [5, 5.41) is 14.0. The van der Waals surface area contributed by atoms with Crippen molar-refractivity contribution in [2.24, 2.45) is 0 Å². The van der Waals surface area contributed by atoms with E-state index >= 15 is 0 Å². The number of furan rings is 1. The molecule has 1 amide bonds. The van der Waals surface area contributed by atoms with E-state index in [0.29, 0.717) is 5.76 Å². The Hall–Kier alpha value is -2.11. The number of benzene rings is 1. The van der Waals surface area contributed by atoms with Gasteiger partial charge in [-0.3, -0.25) is 4.79 Å². The Morgan fingerprint density at radius 1 is 1.38 bits per heavy atom. The zero-order valence-electron chi connectivity index (χ0n) is 11.5. The zero-order valence-corrected chi connectivity index (χ0v) is 12.3. The largest absolute Gasteiger partial charge is 0.459 e. The van der Waals surface area contributed by atoms with Crippen LogP contribution in [0.2, 0.25) is 0 Å². The summed E-state index contributed by atoms with van der Waals surface area (Å²) in [7, 11) is 0. The SMILES string of the molecule is Cc1ccoc1C(=O)NCC(O)c1cc2ccccc2s1. The molecule has 2 heterocycles. The Morgan fingerprint density at radius 3 is 2.90 bits per heavy atom. The van der Waals surface area contributed by atoms with Crippen molar-refractivity contribution in [3.05, 3.63) is 58.9 Å². The number of thiophene rings is 1. The van der Waals surface area contributed by atoms with Gasteiger partial charge in [0, 0.05) is 21.7 Å². The van der Waals surface area contributed by atoms with Crippen molar-refractivity contribution in [1.29, 1.82) is 0 Å². The van der Waals surface area contributed by atoms with Crippen molar-refractivity contribution >= 4 is 27.3 Å². The molecule has 0 aliphatic heterocycles. The van der Waals surface area contributed by atoms with Gasteiger partial charge >= 0.3 is 0 Å². The van der Waals surface area contributed by atoms with Gasteiger partial charge in [-0.2, -0.15) is 0 Å². The Morgan fingerprint density at radius 2 is 2.19 bits per heavy atom. The Bertz CT molecular complexity index is 742. The lowest BCUT2D eigenvalue weighted by molar-refractivity contribution is 0.0890. The van der Waals surface area contributed by atoms with Gasteiger partial charge in [0.25, 0.3) is 5.91 Å². The lowest BCUT2D eigenvalue weighted by Crippen LogP contribution is -2.28. The average Bonchev–Trinajstić information content (AvgIpc) is 3.10. The minimum atomic E-state index is -0.721. The fourth-order valence-electron chi connectivity index (χ4n) is 2.14. The lowest BCUT2D eigenvalue weighted by Gasteiger charge is -2.09. The molecule has 3 aromatic rings.